The Hall–Kier alpha value is -1.85. The first kappa shape index (κ1) is 20.5. The van der Waals surface area contributed by atoms with E-state index in [1.54, 1.807) is 25.3 Å². The van der Waals surface area contributed by atoms with Crippen LogP contribution in [0.15, 0.2) is 47.4 Å². The van der Waals surface area contributed by atoms with Gasteiger partial charge in [-0.3, -0.25) is 0 Å². The van der Waals surface area contributed by atoms with Gasteiger partial charge < -0.3 is 4.74 Å². The Morgan fingerprint density at radius 3 is 2.15 bits per heavy atom. The minimum atomic E-state index is -3.69. The van der Waals surface area contributed by atoms with E-state index in [1.807, 2.05) is 32.9 Å². The predicted molar refractivity (Wildman–Crippen MR) is 107 cm³/mol. The average molecular weight is 376 g/mol. The van der Waals surface area contributed by atoms with E-state index in [9.17, 15) is 8.42 Å². The summed E-state index contributed by atoms with van der Waals surface area (Å²) in [6, 6.07) is 13.1. The molecule has 1 N–H and O–H groups in total. The van der Waals surface area contributed by atoms with Crippen molar-refractivity contribution in [3.8, 4) is 16.9 Å². The van der Waals surface area contributed by atoms with E-state index in [4.69, 9.17) is 4.74 Å². The summed E-state index contributed by atoms with van der Waals surface area (Å²) in [6.07, 6.45) is 0.989. The van der Waals surface area contributed by atoms with Gasteiger partial charge in [0.2, 0.25) is 10.0 Å². The molecule has 0 bridgehead atoms. The predicted octanol–water partition coefficient (Wildman–Crippen LogP) is 4.64. The minimum absolute atomic E-state index is 0.225. The zero-order chi connectivity index (χ0) is 19.5. The van der Waals surface area contributed by atoms with Crippen LogP contribution in [0.5, 0.6) is 5.75 Å². The third-order valence-corrected chi connectivity index (χ3v) is 5.62. The van der Waals surface area contributed by atoms with Gasteiger partial charge in [-0.25, -0.2) is 13.1 Å². The topological polar surface area (TPSA) is 55.4 Å². The monoisotopic (exact) mass is 375 g/mol. The van der Waals surface area contributed by atoms with Gasteiger partial charge in [0.15, 0.2) is 0 Å². The van der Waals surface area contributed by atoms with E-state index in [1.165, 1.54) is 5.56 Å². The largest absolute Gasteiger partial charge is 0.496 e. The first-order valence-electron chi connectivity index (χ1n) is 8.84. The zero-order valence-corrected chi connectivity index (χ0v) is 17.3. The highest BCUT2D eigenvalue weighted by atomic mass is 32.2. The van der Waals surface area contributed by atoms with Crippen LogP contribution in [-0.2, 0) is 16.4 Å². The van der Waals surface area contributed by atoms with Crippen molar-refractivity contribution < 1.29 is 13.2 Å². The van der Waals surface area contributed by atoms with Crippen molar-refractivity contribution in [3.05, 3.63) is 48.0 Å². The van der Waals surface area contributed by atoms with Gasteiger partial charge >= 0.3 is 0 Å². The van der Waals surface area contributed by atoms with Crippen LogP contribution in [0.1, 0.15) is 40.2 Å². The van der Waals surface area contributed by atoms with Crippen LogP contribution < -0.4 is 9.46 Å². The second-order valence-electron chi connectivity index (χ2n) is 7.98. The van der Waals surface area contributed by atoms with Gasteiger partial charge in [-0.05, 0) is 56.4 Å². The molecule has 2 aromatic rings. The zero-order valence-electron chi connectivity index (χ0n) is 16.5. The molecular formula is C21H29NO3S. The van der Waals surface area contributed by atoms with Crippen molar-refractivity contribution in [2.75, 3.05) is 7.11 Å². The number of ether oxygens (including phenoxy) is 1. The highest BCUT2D eigenvalue weighted by Gasteiger charge is 2.26. The lowest BCUT2D eigenvalue weighted by Crippen LogP contribution is -2.40. The number of sulfonamides is 1. The smallest absolute Gasteiger partial charge is 0.241 e. The molecule has 0 unspecified atom stereocenters. The van der Waals surface area contributed by atoms with Gasteiger partial charge in [0.25, 0.3) is 0 Å². The van der Waals surface area contributed by atoms with Crippen LogP contribution in [0.4, 0.5) is 0 Å². The lowest BCUT2D eigenvalue weighted by atomic mass is 9.98. The molecule has 0 atom stereocenters. The lowest BCUT2D eigenvalue weighted by molar-refractivity contribution is 0.415. The molecule has 0 saturated heterocycles. The molecule has 0 aliphatic heterocycles. The van der Waals surface area contributed by atoms with Gasteiger partial charge in [0, 0.05) is 11.1 Å². The minimum Gasteiger partial charge on any atom is -0.496 e. The van der Waals surface area contributed by atoms with Crippen molar-refractivity contribution in [1.82, 2.24) is 4.72 Å². The molecular weight excluding hydrogens is 346 g/mol. The molecule has 0 heterocycles. The molecule has 0 spiro atoms. The highest BCUT2D eigenvalue weighted by Crippen LogP contribution is 2.36. The Kier molecular flexibility index (Phi) is 6.14. The molecule has 0 saturated carbocycles. The fourth-order valence-electron chi connectivity index (χ4n) is 2.93. The molecule has 0 aliphatic rings. The van der Waals surface area contributed by atoms with Gasteiger partial charge in [0.1, 0.15) is 5.75 Å². The fraction of sp³-hybridized carbons (Fsp3) is 0.429. The second kappa shape index (κ2) is 7.80. The summed E-state index contributed by atoms with van der Waals surface area (Å²) in [4.78, 5) is 0.225. The number of nitrogens with one attached hydrogen (secondary N) is 1. The molecule has 0 aliphatic carbocycles. The van der Waals surface area contributed by atoms with E-state index < -0.39 is 15.6 Å². The van der Waals surface area contributed by atoms with Crippen molar-refractivity contribution in [2.24, 2.45) is 5.92 Å². The maximum Gasteiger partial charge on any atom is 0.241 e. The summed E-state index contributed by atoms with van der Waals surface area (Å²) in [5.74, 6) is 1.11. The summed E-state index contributed by atoms with van der Waals surface area (Å²) < 4.78 is 34.1. The molecule has 26 heavy (non-hydrogen) atoms. The molecule has 2 rings (SSSR count). The SMILES string of the molecule is COc1cccc(S(=O)(=O)NC(C)(C)C)c1-c1ccc(CC(C)C)cc1. The van der Waals surface area contributed by atoms with Crippen molar-refractivity contribution in [1.29, 1.82) is 0 Å². The molecule has 2 aromatic carbocycles. The number of benzene rings is 2. The Labute approximate surface area is 157 Å². The van der Waals surface area contributed by atoms with Crippen molar-refractivity contribution in [2.45, 2.75) is 51.5 Å². The van der Waals surface area contributed by atoms with Gasteiger partial charge in [0.05, 0.1) is 12.0 Å². The van der Waals surface area contributed by atoms with E-state index in [0.29, 0.717) is 17.2 Å². The highest BCUT2D eigenvalue weighted by molar-refractivity contribution is 7.89. The Morgan fingerprint density at radius 1 is 1.04 bits per heavy atom. The summed E-state index contributed by atoms with van der Waals surface area (Å²) in [6.45, 7) is 9.83. The van der Waals surface area contributed by atoms with E-state index in [2.05, 4.69) is 30.7 Å². The van der Waals surface area contributed by atoms with Crippen molar-refractivity contribution in [3.63, 3.8) is 0 Å². The molecule has 4 nitrogen and oxygen atoms in total. The summed E-state index contributed by atoms with van der Waals surface area (Å²) in [7, 11) is -2.13. The quantitative estimate of drug-likeness (QED) is 0.800. The van der Waals surface area contributed by atoms with E-state index in [0.717, 1.165) is 12.0 Å². The fourth-order valence-corrected chi connectivity index (χ4v) is 4.59. The third-order valence-electron chi connectivity index (χ3n) is 3.82. The number of rotatable bonds is 6. The van der Waals surface area contributed by atoms with Gasteiger partial charge in [-0.15, -0.1) is 0 Å². The van der Waals surface area contributed by atoms with Crippen LogP contribution in [0.3, 0.4) is 0 Å². The Bertz CT molecular complexity index is 848. The van der Waals surface area contributed by atoms with E-state index >= 15 is 0 Å². The molecule has 0 amide bonds. The maximum absolute atomic E-state index is 13.0. The molecule has 5 heteroatoms. The Balaban J connectivity index is 2.57. The third kappa shape index (κ3) is 5.08. The normalized spacial score (nSPS) is 12.4. The molecule has 142 valence electrons. The van der Waals surface area contributed by atoms with Gasteiger partial charge in [-0.1, -0.05) is 44.2 Å². The summed E-state index contributed by atoms with van der Waals surface area (Å²) in [5.41, 5.74) is 2.07. The molecule has 0 radical (unpaired) electrons. The molecule has 0 aromatic heterocycles. The van der Waals surface area contributed by atoms with Crippen LogP contribution >= 0.6 is 0 Å². The maximum atomic E-state index is 13.0. The van der Waals surface area contributed by atoms with Crippen LogP contribution in [0.2, 0.25) is 0 Å². The lowest BCUT2D eigenvalue weighted by Gasteiger charge is -2.22. The van der Waals surface area contributed by atoms with Crippen LogP contribution in [-0.4, -0.2) is 21.1 Å². The van der Waals surface area contributed by atoms with Crippen LogP contribution in [0.25, 0.3) is 11.1 Å². The second-order valence-corrected chi connectivity index (χ2v) is 9.63. The summed E-state index contributed by atoms with van der Waals surface area (Å²) >= 11 is 0. The standard InChI is InChI=1S/C21H29NO3S/c1-15(2)14-16-10-12-17(13-11-16)20-18(25-6)8-7-9-19(20)26(23,24)22-21(3,4)5/h7-13,15,22H,14H2,1-6H3. The van der Waals surface area contributed by atoms with Crippen molar-refractivity contribution >= 4 is 10.0 Å². The number of hydrogen-bond acceptors (Lipinski definition) is 3. The molecule has 0 fully saturated rings. The number of hydrogen-bond donors (Lipinski definition) is 1. The van der Waals surface area contributed by atoms with E-state index in [-0.39, 0.29) is 4.90 Å². The van der Waals surface area contributed by atoms with Crippen LogP contribution in [0, 0.1) is 5.92 Å². The Morgan fingerprint density at radius 2 is 1.65 bits per heavy atom. The number of methoxy groups -OCH3 is 1. The first-order valence-corrected chi connectivity index (χ1v) is 10.3. The average Bonchev–Trinajstić information content (AvgIpc) is 2.52. The summed E-state index contributed by atoms with van der Waals surface area (Å²) in [5, 5.41) is 0. The first-order chi connectivity index (χ1) is 12.0. The van der Waals surface area contributed by atoms with Gasteiger partial charge in [-0.2, -0.15) is 0 Å².